The van der Waals surface area contributed by atoms with Gasteiger partial charge in [-0.3, -0.25) is 4.79 Å². The minimum Gasteiger partial charge on any atom is -0.493 e. The normalized spacial score (nSPS) is 19.0. The highest BCUT2D eigenvalue weighted by Gasteiger charge is 2.34. The van der Waals surface area contributed by atoms with Crippen molar-refractivity contribution >= 4 is 12.0 Å². The molecule has 0 radical (unpaired) electrons. The van der Waals surface area contributed by atoms with Crippen LogP contribution in [0.4, 0.5) is 4.79 Å². The summed E-state index contributed by atoms with van der Waals surface area (Å²) in [4.78, 5) is 42.0. The molecule has 0 aliphatic heterocycles. The van der Waals surface area contributed by atoms with E-state index in [-0.39, 0.29) is 36.1 Å². The van der Waals surface area contributed by atoms with E-state index < -0.39 is 40.9 Å². The topological polar surface area (TPSA) is 168 Å². The predicted molar refractivity (Wildman–Crippen MR) is 186 cm³/mol. The molecule has 1 aliphatic carbocycles. The summed E-state index contributed by atoms with van der Waals surface area (Å²) in [6.07, 6.45) is 1.96. The van der Waals surface area contributed by atoms with Gasteiger partial charge in [-0.25, -0.2) is 4.79 Å². The van der Waals surface area contributed by atoms with Crippen molar-refractivity contribution in [3.63, 3.8) is 0 Å². The molecular weight excluding hydrogens is 634 g/mol. The van der Waals surface area contributed by atoms with Crippen LogP contribution in [0.3, 0.4) is 0 Å². The van der Waals surface area contributed by atoms with Crippen LogP contribution in [0.1, 0.15) is 99.0 Å². The van der Waals surface area contributed by atoms with Gasteiger partial charge in [0.1, 0.15) is 11.7 Å². The number of methoxy groups -OCH3 is 2. The molecule has 0 bridgehead atoms. The molecule has 1 aliphatic rings. The van der Waals surface area contributed by atoms with E-state index in [2.05, 4.69) is 24.5 Å². The second-order valence-electron chi connectivity index (χ2n) is 14.8. The molecule has 49 heavy (non-hydrogen) atoms. The fourth-order valence-corrected chi connectivity index (χ4v) is 6.19. The molecular formula is C36H61N3O10. The Morgan fingerprint density at radius 2 is 1.67 bits per heavy atom. The molecule has 0 saturated heterocycles. The maximum Gasteiger partial charge on any atom is 0.407 e. The van der Waals surface area contributed by atoms with E-state index in [0.29, 0.717) is 63.2 Å². The Balaban J connectivity index is 2.23. The van der Waals surface area contributed by atoms with Gasteiger partial charge < -0.3 is 39.5 Å². The molecule has 13 heteroatoms. The zero-order valence-corrected chi connectivity index (χ0v) is 31.0. The standard InChI is InChI=1S/C36H61N3O10/c1-23(2)26(19-25-11-16-32(46-9)33(20-25)47-18-10-17-45-8)21-30(38-35(42)48-36(5,6)7)31(40)22-29(24(3)4)34(41)37-27-12-14-28(15-13-27)49-39(43)44/h11,16,20,23-24,26-31,40H,10,12-15,17-19,21-22H2,1-9H3,(H,37,41)(H,38,42)/t26-,27?,28?,29-,30-,31-/m0/s1. The van der Waals surface area contributed by atoms with Crippen LogP contribution in [0.25, 0.3) is 0 Å². The van der Waals surface area contributed by atoms with Crippen LogP contribution in [0, 0.1) is 33.8 Å². The van der Waals surface area contributed by atoms with Crippen molar-refractivity contribution in [2.45, 2.75) is 130 Å². The maximum absolute atomic E-state index is 13.5. The predicted octanol–water partition coefficient (Wildman–Crippen LogP) is 5.87. The number of nitrogens with one attached hydrogen (secondary N) is 2. The number of aliphatic hydroxyl groups excluding tert-OH is 1. The van der Waals surface area contributed by atoms with Crippen LogP contribution in [0.2, 0.25) is 0 Å². The number of alkyl carbamates (subject to hydrolysis) is 1. The van der Waals surface area contributed by atoms with Gasteiger partial charge in [0.15, 0.2) is 11.5 Å². The van der Waals surface area contributed by atoms with Crippen LogP contribution < -0.4 is 20.1 Å². The van der Waals surface area contributed by atoms with Crippen molar-refractivity contribution in [1.29, 1.82) is 0 Å². The number of amides is 2. The molecule has 2 amide bonds. The summed E-state index contributed by atoms with van der Waals surface area (Å²) in [6, 6.07) is 5.05. The van der Waals surface area contributed by atoms with Crippen LogP contribution in [0.15, 0.2) is 18.2 Å². The molecule has 0 aromatic heterocycles. The summed E-state index contributed by atoms with van der Waals surface area (Å²) in [5, 5.41) is 27.7. The Hall–Kier alpha value is -3.32. The third kappa shape index (κ3) is 15.4. The van der Waals surface area contributed by atoms with Gasteiger partial charge in [0.25, 0.3) is 5.09 Å². The summed E-state index contributed by atoms with van der Waals surface area (Å²) in [5.74, 6) is 0.732. The molecule has 1 aromatic carbocycles. The molecule has 1 saturated carbocycles. The van der Waals surface area contributed by atoms with E-state index in [1.807, 2.05) is 32.0 Å². The van der Waals surface area contributed by atoms with Crippen molar-refractivity contribution in [2.24, 2.45) is 23.7 Å². The van der Waals surface area contributed by atoms with E-state index in [0.717, 1.165) is 12.0 Å². The van der Waals surface area contributed by atoms with E-state index in [1.165, 1.54) is 0 Å². The zero-order valence-electron chi connectivity index (χ0n) is 31.0. The molecule has 1 aromatic rings. The first-order chi connectivity index (χ1) is 23.0. The third-order valence-corrected chi connectivity index (χ3v) is 9.04. The van der Waals surface area contributed by atoms with Crippen LogP contribution in [0.5, 0.6) is 11.5 Å². The fraction of sp³-hybridized carbons (Fsp3) is 0.778. The quantitative estimate of drug-likeness (QED) is 0.0853. The first-order valence-corrected chi connectivity index (χ1v) is 17.6. The van der Waals surface area contributed by atoms with Crippen molar-refractivity contribution in [1.82, 2.24) is 10.6 Å². The van der Waals surface area contributed by atoms with Gasteiger partial charge in [0.2, 0.25) is 5.91 Å². The number of ether oxygens (including phenoxy) is 4. The summed E-state index contributed by atoms with van der Waals surface area (Å²) >= 11 is 0. The van der Waals surface area contributed by atoms with Gasteiger partial charge >= 0.3 is 6.09 Å². The van der Waals surface area contributed by atoms with Crippen LogP contribution >= 0.6 is 0 Å². The second kappa shape index (κ2) is 20.4. The summed E-state index contributed by atoms with van der Waals surface area (Å²) in [5.41, 5.74) is 0.300. The number of rotatable bonds is 20. The van der Waals surface area contributed by atoms with Crippen molar-refractivity contribution < 1.29 is 43.6 Å². The van der Waals surface area contributed by atoms with Gasteiger partial charge in [0, 0.05) is 32.1 Å². The average Bonchev–Trinajstić information content (AvgIpc) is 3.00. The summed E-state index contributed by atoms with van der Waals surface area (Å²) in [7, 11) is 3.26. The number of benzene rings is 1. The van der Waals surface area contributed by atoms with Crippen LogP contribution in [-0.4, -0.2) is 79.5 Å². The van der Waals surface area contributed by atoms with Gasteiger partial charge in [-0.05, 0) is 101 Å². The molecule has 4 atom stereocenters. The van der Waals surface area contributed by atoms with Crippen molar-refractivity contribution in [3.8, 4) is 11.5 Å². The Bertz CT molecular complexity index is 1160. The maximum atomic E-state index is 13.5. The lowest BCUT2D eigenvalue weighted by atomic mass is 9.80. The monoisotopic (exact) mass is 695 g/mol. The molecule has 2 rings (SSSR count). The van der Waals surface area contributed by atoms with Crippen molar-refractivity contribution in [2.75, 3.05) is 27.4 Å². The molecule has 280 valence electrons. The lowest BCUT2D eigenvalue weighted by molar-refractivity contribution is -0.769. The number of hydrogen-bond acceptors (Lipinski definition) is 10. The van der Waals surface area contributed by atoms with E-state index in [1.54, 1.807) is 35.0 Å². The number of hydrogen-bond donors (Lipinski definition) is 3. The molecule has 0 unspecified atom stereocenters. The summed E-state index contributed by atoms with van der Waals surface area (Å²) in [6.45, 7) is 14.5. The fourth-order valence-electron chi connectivity index (χ4n) is 6.19. The molecule has 0 heterocycles. The highest BCUT2D eigenvalue weighted by Crippen LogP contribution is 2.32. The minimum atomic E-state index is -1.04. The minimum absolute atomic E-state index is 0.0484. The molecule has 0 spiro atoms. The van der Waals surface area contributed by atoms with Crippen molar-refractivity contribution in [3.05, 3.63) is 33.9 Å². The second-order valence-corrected chi connectivity index (χ2v) is 14.8. The molecule has 1 fully saturated rings. The third-order valence-electron chi connectivity index (χ3n) is 9.04. The highest BCUT2D eigenvalue weighted by molar-refractivity contribution is 5.79. The van der Waals surface area contributed by atoms with Gasteiger partial charge in [-0.1, -0.05) is 33.8 Å². The zero-order chi connectivity index (χ0) is 36.7. The Labute approximate surface area is 292 Å². The number of carbonyl (C=O) groups is 2. The number of carbonyl (C=O) groups excluding carboxylic acids is 2. The Morgan fingerprint density at radius 3 is 2.22 bits per heavy atom. The lowest BCUT2D eigenvalue weighted by Crippen LogP contribution is -2.49. The van der Waals surface area contributed by atoms with E-state index >= 15 is 0 Å². The highest BCUT2D eigenvalue weighted by atomic mass is 17.0. The van der Waals surface area contributed by atoms with Gasteiger partial charge in [-0.2, -0.15) is 0 Å². The number of nitrogens with zero attached hydrogens (tertiary/aromatic N) is 1. The van der Waals surface area contributed by atoms with Gasteiger partial charge in [-0.15, -0.1) is 10.1 Å². The lowest BCUT2D eigenvalue weighted by Gasteiger charge is -2.34. The van der Waals surface area contributed by atoms with E-state index in [9.17, 15) is 24.8 Å². The number of aliphatic hydroxyl groups is 1. The average molecular weight is 696 g/mol. The first-order valence-electron chi connectivity index (χ1n) is 17.6. The Kier molecular flexibility index (Phi) is 17.4. The molecule has 13 nitrogen and oxygen atoms in total. The smallest absolute Gasteiger partial charge is 0.407 e. The van der Waals surface area contributed by atoms with Crippen LogP contribution in [-0.2, 0) is 25.5 Å². The first kappa shape index (κ1) is 41.8. The van der Waals surface area contributed by atoms with E-state index in [4.69, 9.17) is 23.8 Å². The molecule has 3 N–H and O–H groups in total. The SMILES string of the molecule is COCCCOc1cc(C[C@@H](C[C@H](NC(=O)OC(C)(C)C)[C@@H](O)C[C@H](C(=O)NC2CCC(O[N+](=O)[O-])CC2)C(C)C)C(C)C)ccc1OC. The Morgan fingerprint density at radius 1 is 1.00 bits per heavy atom. The summed E-state index contributed by atoms with van der Waals surface area (Å²) < 4.78 is 22.2. The largest absolute Gasteiger partial charge is 0.493 e. The van der Waals surface area contributed by atoms with Gasteiger partial charge in [0.05, 0.1) is 25.9 Å².